The molecule has 0 saturated heterocycles. The Hall–Kier alpha value is -1.68. The number of hydrogen-bond donors (Lipinski definition) is 1. The molecule has 0 aliphatic carbocycles. The number of methoxy groups -OCH3 is 1. The molecule has 0 spiro atoms. The van der Waals surface area contributed by atoms with Crippen molar-refractivity contribution in [2.24, 2.45) is 0 Å². The molecule has 1 aromatic rings. The summed E-state index contributed by atoms with van der Waals surface area (Å²) in [5.74, 6) is -2.35. The fourth-order valence-electron chi connectivity index (χ4n) is 1.26. The van der Waals surface area contributed by atoms with E-state index in [9.17, 15) is 9.59 Å². The van der Waals surface area contributed by atoms with Crippen molar-refractivity contribution < 1.29 is 19.4 Å². The molecule has 0 bridgehead atoms. The average molecular weight is 222 g/mol. The summed E-state index contributed by atoms with van der Waals surface area (Å²) in [5, 5.41) is 8.54. The number of hydrogen-bond acceptors (Lipinski definition) is 3. The van der Waals surface area contributed by atoms with E-state index in [0.29, 0.717) is 0 Å². The third-order valence-electron chi connectivity index (χ3n) is 2.55. The van der Waals surface area contributed by atoms with E-state index in [1.807, 2.05) is 13.8 Å². The summed E-state index contributed by atoms with van der Waals surface area (Å²) in [7, 11) is 1.59. The first kappa shape index (κ1) is 12.4. The van der Waals surface area contributed by atoms with Crippen LogP contribution in [0.4, 0.5) is 0 Å². The predicted octanol–water partition coefficient (Wildman–Crippen LogP) is 1.84. The normalized spacial score (nSPS) is 11.2. The highest BCUT2D eigenvalue weighted by Crippen LogP contribution is 2.23. The summed E-state index contributed by atoms with van der Waals surface area (Å²) < 4.78 is 5.27. The minimum atomic E-state index is -1.45. The summed E-state index contributed by atoms with van der Waals surface area (Å²) in [6.07, 6.45) is 0. The summed E-state index contributed by atoms with van der Waals surface area (Å²) in [6.45, 7) is 3.78. The lowest BCUT2D eigenvalue weighted by Gasteiger charge is -2.23. The molecule has 4 heteroatoms. The number of ether oxygens (including phenoxy) is 1. The van der Waals surface area contributed by atoms with Crippen LogP contribution in [0, 0.1) is 0 Å². The second-order valence-electron chi connectivity index (χ2n) is 3.93. The molecule has 0 atom stereocenters. The van der Waals surface area contributed by atoms with Gasteiger partial charge in [0.25, 0.3) is 5.78 Å². The van der Waals surface area contributed by atoms with Gasteiger partial charge in [-0.1, -0.05) is 24.3 Å². The van der Waals surface area contributed by atoms with Crippen molar-refractivity contribution in [2.75, 3.05) is 7.11 Å². The monoisotopic (exact) mass is 222 g/mol. The number of carbonyl (C=O) groups excluding carboxylic acids is 1. The Labute approximate surface area is 93.9 Å². The lowest BCUT2D eigenvalue weighted by atomic mass is 9.96. The van der Waals surface area contributed by atoms with E-state index < -0.39 is 17.4 Å². The molecule has 0 heterocycles. The number of carboxylic acid groups (broad SMARTS) is 1. The molecule has 0 saturated carbocycles. The molecule has 0 fully saturated rings. The first-order valence-electron chi connectivity index (χ1n) is 4.82. The molecule has 86 valence electrons. The van der Waals surface area contributed by atoms with E-state index in [1.54, 1.807) is 19.2 Å². The number of carbonyl (C=O) groups is 2. The van der Waals surface area contributed by atoms with Crippen molar-refractivity contribution in [3.63, 3.8) is 0 Å². The average Bonchev–Trinajstić information content (AvgIpc) is 2.28. The molecule has 16 heavy (non-hydrogen) atoms. The Morgan fingerprint density at radius 2 is 1.69 bits per heavy atom. The van der Waals surface area contributed by atoms with E-state index in [1.165, 1.54) is 12.1 Å². The molecule has 0 aliphatic heterocycles. The molecule has 0 unspecified atom stereocenters. The number of carboxylic acids is 1. The number of ketones is 1. The highest BCUT2D eigenvalue weighted by molar-refractivity contribution is 6.39. The summed E-state index contributed by atoms with van der Waals surface area (Å²) >= 11 is 0. The van der Waals surface area contributed by atoms with Crippen LogP contribution in [0.15, 0.2) is 24.3 Å². The zero-order valence-corrected chi connectivity index (χ0v) is 9.48. The lowest BCUT2D eigenvalue weighted by Crippen LogP contribution is -2.20. The van der Waals surface area contributed by atoms with Crippen molar-refractivity contribution in [3.8, 4) is 0 Å². The molecule has 1 rings (SSSR count). The quantitative estimate of drug-likeness (QED) is 0.623. The standard InChI is InChI=1S/C12H14O4/c1-12(2,16-3)9-6-4-8(5-7-9)10(13)11(14)15/h4-7H,1-3H3,(H,14,15). The first-order valence-corrected chi connectivity index (χ1v) is 4.82. The van der Waals surface area contributed by atoms with Gasteiger partial charge in [0.2, 0.25) is 0 Å². The van der Waals surface area contributed by atoms with E-state index in [4.69, 9.17) is 9.84 Å². The van der Waals surface area contributed by atoms with Gasteiger partial charge in [0.15, 0.2) is 0 Å². The van der Waals surface area contributed by atoms with Gasteiger partial charge in [-0.2, -0.15) is 0 Å². The summed E-state index contributed by atoms with van der Waals surface area (Å²) in [6, 6.07) is 6.37. The zero-order valence-electron chi connectivity index (χ0n) is 9.48. The predicted molar refractivity (Wildman–Crippen MR) is 58.4 cm³/mol. The molecular weight excluding hydrogens is 208 g/mol. The first-order chi connectivity index (χ1) is 7.38. The fourth-order valence-corrected chi connectivity index (χ4v) is 1.26. The lowest BCUT2D eigenvalue weighted by molar-refractivity contribution is -0.131. The maximum atomic E-state index is 11.1. The van der Waals surface area contributed by atoms with Crippen LogP contribution in [0.5, 0.6) is 0 Å². The Kier molecular flexibility index (Phi) is 3.44. The van der Waals surface area contributed by atoms with Gasteiger partial charge in [-0.15, -0.1) is 0 Å². The highest BCUT2D eigenvalue weighted by atomic mass is 16.5. The minimum absolute atomic E-state index is 0.170. The molecule has 0 radical (unpaired) electrons. The van der Waals surface area contributed by atoms with E-state index in [-0.39, 0.29) is 5.56 Å². The number of aliphatic carboxylic acids is 1. The SMILES string of the molecule is COC(C)(C)c1ccc(C(=O)C(=O)O)cc1. The number of rotatable bonds is 4. The van der Waals surface area contributed by atoms with Gasteiger partial charge in [-0.05, 0) is 19.4 Å². The topological polar surface area (TPSA) is 63.6 Å². The fraction of sp³-hybridized carbons (Fsp3) is 0.333. The van der Waals surface area contributed by atoms with Gasteiger partial charge in [0, 0.05) is 12.7 Å². The van der Waals surface area contributed by atoms with Crippen LogP contribution in [-0.2, 0) is 15.1 Å². The Bertz CT molecular complexity index is 404. The molecule has 0 amide bonds. The van der Waals surface area contributed by atoms with Crippen molar-refractivity contribution in [2.45, 2.75) is 19.4 Å². The van der Waals surface area contributed by atoms with Crippen molar-refractivity contribution in [1.82, 2.24) is 0 Å². The van der Waals surface area contributed by atoms with Gasteiger partial charge in [0.05, 0.1) is 5.60 Å². The van der Waals surface area contributed by atoms with Crippen LogP contribution in [0.2, 0.25) is 0 Å². The zero-order chi connectivity index (χ0) is 12.3. The maximum absolute atomic E-state index is 11.1. The van der Waals surface area contributed by atoms with E-state index in [0.717, 1.165) is 5.56 Å². The highest BCUT2D eigenvalue weighted by Gasteiger charge is 2.20. The summed E-state index contributed by atoms with van der Waals surface area (Å²) in [4.78, 5) is 21.6. The second kappa shape index (κ2) is 4.45. The van der Waals surface area contributed by atoms with E-state index in [2.05, 4.69) is 0 Å². The van der Waals surface area contributed by atoms with E-state index >= 15 is 0 Å². The molecular formula is C12H14O4. The smallest absolute Gasteiger partial charge is 0.377 e. The van der Waals surface area contributed by atoms with Gasteiger partial charge >= 0.3 is 5.97 Å². The number of benzene rings is 1. The van der Waals surface area contributed by atoms with Crippen molar-refractivity contribution >= 4 is 11.8 Å². The molecule has 1 aromatic carbocycles. The van der Waals surface area contributed by atoms with Gasteiger partial charge < -0.3 is 9.84 Å². The Morgan fingerprint density at radius 3 is 2.06 bits per heavy atom. The number of Topliss-reactive ketones (excluding diaryl/α,β-unsaturated/α-hetero) is 1. The Morgan fingerprint density at radius 1 is 1.19 bits per heavy atom. The van der Waals surface area contributed by atoms with Gasteiger partial charge in [0.1, 0.15) is 0 Å². The van der Waals surface area contributed by atoms with Crippen LogP contribution in [0.25, 0.3) is 0 Å². The minimum Gasteiger partial charge on any atom is -0.475 e. The van der Waals surface area contributed by atoms with Crippen LogP contribution < -0.4 is 0 Å². The third-order valence-corrected chi connectivity index (χ3v) is 2.55. The Balaban J connectivity index is 3.00. The van der Waals surface area contributed by atoms with Crippen LogP contribution in [0.1, 0.15) is 29.8 Å². The largest absolute Gasteiger partial charge is 0.475 e. The van der Waals surface area contributed by atoms with Crippen LogP contribution in [0.3, 0.4) is 0 Å². The summed E-state index contributed by atoms with van der Waals surface area (Å²) in [5.41, 5.74) is 0.602. The third kappa shape index (κ3) is 2.46. The molecule has 0 aliphatic rings. The van der Waals surface area contributed by atoms with Gasteiger partial charge in [-0.3, -0.25) is 4.79 Å². The van der Waals surface area contributed by atoms with Crippen molar-refractivity contribution in [3.05, 3.63) is 35.4 Å². The molecule has 1 N–H and O–H groups in total. The van der Waals surface area contributed by atoms with Gasteiger partial charge in [-0.25, -0.2) is 4.79 Å². The molecule has 0 aromatic heterocycles. The van der Waals surface area contributed by atoms with Crippen LogP contribution >= 0.6 is 0 Å². The van der Waals surface area contributed by atoms with Crippen molar-refractivity contribution in [1.29, 1.82) is 0 Å². The maximum Gasteiger partial charge on any atom is 0.377 e. The van der Waals surface area contributed by atoms with Crippen LogP contribution in [-0.4, -0.2) is 24.0 Å². The molecule has 4 nitrogen and oxygen atoms in total. The second-order valence-corrected chi connectivity index (χ2v) is 3.93.